The Labute approximate surface area is 224 Å². The van der Waals surface area contributed by atoms with Gasteiger partial charge in [-0.2, -0.15) is 13.2 Å². The highest BCUT2D eigenvalue weighted by Gasteiger charge is 2.45. The van der Waals surface area contributed by atoms with E-state index in [2.05, 4.69) is 10.6 Å². The molecule has 0 aromatic heterocycles. The molecule has 3 aromatic rings. The lowest BCUT2D eigenvalue weighted by Gasteiger charge is -2.41. The quantitative estimate of drug-likeness (QED) is 0.411. The minimum Gasteiger partial charge on any atom is -0.404 e. The molecule has 0 aliphatic carbocycles. The molecule has 1 saturated heterocycles. The van der Waals surface area contributed by atoms with Crippen molar-refractivity contribution in [3.63, 3.8) is 0 Å². The zero-order chi connectivity index (χ0) is 28.2. The van der Waals surface area contributed by atoms with Crippen LogP contribution >= 0.6 is 0 Å². The largest absolute Gasteiger partial charge is 0.416 e. The number of amides is 2. The van der Waals surface area contributed by atoms with Gasteiger partial charge in [-0.1, -0.05) is 42.5 Å². The van der Waals surface area contributed by atoms with Crippen LogP contribution in [-0.2, 0) is 11.0 Å². The number of nitrogens with one attached hydrogen (secondary N) is 2. The predicted molar refractivity (Wildman–Crippen MR) is 145 cm³/mol. The number of para-hydroxylation sites is 2. The summed E-state index contributed by atoms with van der Waals surface area (Å²) in [5, 5.41) is 5.80. The van der Waals surface area contributed by atoms with Crippen molar-refractivity contribution in [2.24, 2.45) is 10.7 Å². The van der Waals surface area contributed by atoms with Crippen molar-refractivity contribution in [3.05, 3.63) is 107 Å². The Morgan fingerprint density at radius 3 is 2.38 bits per heavy atom. The molecule has 1 heterocycles. The van der Waals surface area contributed by atoms with Gasteiger partial charge in [0.15, 0.2) is 0 Å². The summed E-state index contributed by atoms with van der Waals surface area (Å²) < 4.78 is 39.9. The van der Waals surface area contributed by atoms with E-state index in [0.717, 1.165) is 18.2 Å². The molecule has 202 valence electrons. The van der Waals surface area contributed by atoms with Crippen LogP contribution in [-0.4, -0.2) is 42.2 Å². The summed E-state index contributed by atoms with van der Waals surface area (Å²) in [5.74, 6) is -1.74. The first-order valence-corrected chi connectivity index (χ1v) is 12.3. The van der Waals surface area contributed by atoms with Crippen molar-refractivity contribution < 1.29 is 22.8 Å². The van der Waals surface area contributed by atoms with E-state index in [0.29, 0.717) is 28.3 Å². The Hall–Kier alpha value is -4.60. The summed E-state index contributed by atoms with van der Waals surface area (Å²) in [7, 11) is 1.73. The molecule has 2 amide bonds. The maximum Gasteiger partial charge on any atom is 0.416 e. The first-order valence-electron chi connectivity index (χ1n) is 12.3. The molecule has 39 heavy (non-hydrogen) atoms. The van der Waals surface area contributed by atoms with E-state index in [-0.39, 0.29) is 12.1 Å². The molecular formula is C29H28F3N5O2. The highest BCUT2D eigenvalue weighted by molar-refractivity contribution is 6.15. The van der Waals surface area contributed by atoms with Gasteiger partial charge in [-0.05, 0) is 48.9 Å². The van der Waals surface area contributed by atoms with Crippen LogP contribution in [0.15, 0.2) is 95.6 Å². The number of likely N-dealkylation sites (tertiary alicyclic amines) is 1. The number of likely N-dealkylation sites (N-methyl/N-ethyl adjacent to an activating group) is 1. The first-order chi connectivity index (χ1) is 18.7. The third-order valence-corrected chi connectivity index (χ3v) is 6.51. The Bertz CT molecular complexity index is 1420. The number of rotatable bonds is 6. The number of nitrogens with two attached hydrogens (primary N) is 1. The number of amidine groups is 1. The fourth-order valence-electron chi connectivity index (χ4n) is 4.67. The van der Waals surface area contributed by atoms with Gasteiger partial charge in [0.25, 0.3) is 11.8 Å². The number of piperidine rings is 1. The second-order valence-electron chi connectivity index (χ2n) is 8.82. The molecule has 1 aliphatic heterocycles. The van der Waals surface area contributed by atoms with Gasteiger partial charge < -0.3 is 16.4 Å². The summed E-state index contributed by atoms with van der Waals surface area (Å²) >= 11 is 0. The number of benzene rings is 3. The number of halogens is 3. The summed E-state index contributed by atoms with van der Waals surface area (Å²) in [4.78, 5) is 33.4. The van der Waals surface area contributed by atoms with Gasteiger partial charge in [-0.15, -0.1) is 0 Å². The molecule has 4 N–H and O–H groups in total. The van der Waals surface area contributed by atoms with Crippen LogP contribution < -0.4 is 16.4 Å². The number of hydrogen-bond acceptors (Lipinski definition) is 5. The van der Waals surface area contributed by atoms with Crippen LogP contribution in [0, 0.1) is 0 Å². The molecule has 2 unspecified atom stereocenters. The molecule has 0 radical (unpaired) electrons. The number of hydrogen-bond donors (Lipinski definition) is 3. The van der Waals surface area contributed by atoms with Crippen molar-refractivity contribution in [2.75, 3.05) is 18.9 Å². The molecule has 7 nitrogen and oxygen atoms in total. The Kier molecular flexibility index (Phi) is 8.04. The number of nitrogens with zero attached hydrogens (tertiary/aromatic N) is 2. The second-order valence-corrected chi connectivity index (χ2v) is 8.82. The lowest BCUT2D eigenvalue weighted by Crippen LogP contribution is -2.59. The SMILES string of the molecule is CCN1C(=O)C(NC(=O)c2cccc(C(F)(F)F)c2)C(c2ccccc2NC)/C(=C/N)C1=Nc1ccccc1. The number of anilines is 1. The van der Waals surface area contributed by atoms with Gasteiger partial charge in [0.1, 0.15) is 11.9 Å². The topological polar surface area (TPSA) is 99.8 Å². The van der Waals surface area contributed by atoms with E-state index in [1.807, 2.05) is 30.3 Å². The summed E-state index contributed by atoms with van der Waals surface area (Å²) in [6.07, 6.45) is -3.26. The normalized spacial score (nSPS) is 19.8. The lowest BCUT2D eigenvalue weighted by atomic mass is 9.79. The number of carbonyl (C=O) groups is 2. The van der Waals surface area contributed by atoms with Crippen LogP contribution in [0.3, 0.4) is 0 Å². The Balaban J connectivity index is 1.84. The van der Waals surface area contributed by atoms with Crippen LogP contribution in [0.4, 0.5) is 24.5 Å². The smallest absolute Gasteiger partial charge is 0.404 e. The second kappa shape index (κ2) is 11.4. The molecule has 10 heteroatoms. The van der Waals surface area contributed by atoms with Crippen molar-refractivity contribution in [1.82, 2.24) is 10.2 Å². The average Bonchev–Trinajstić information content (AvgIpc) is 2.94. The maximum atomic E-state index is 14.0. The van der Waals surface area contributed by atoms with Crippen molar-refractivity contribution in [3.8, 4) is 0 Å². The van der Waals surface area contributed by atoms with Gasteiger partial charge >= 0.3 is 6.18 Å². The fourth-order valence-corrected chi connectivity index (χ4v) is 4.67. The predicted octanol–water partition coefficient (Wildman–Crippen LogP) is 5.06. The van der Waals surface area contributed by atoms with E-state index in [1.165, 1.54) is 17.2 Å². The summed E-state index contributed by atoms with van der Waals surface area (Å²) in [5.41, 5.74) is 7.42. The zero-order valence-electron chi connectivity index (χ0n) is 21.4. The van der Waals surface area contributed by atoms with Gasteiger partial charge in [-0.3, -0.25) is 14.5 Å². The van der Waals surface area contributed by atoms with Crippen LogP contribution in [0.5, 0.6) is 0 Å². The van der Waals surface area contributed by atoms with Gasteiger partial charge in [0.2, 0.25) is 0 Å². The van der Waals surface area contributed by atoms with E-state index >= 15 is 0 Å². The third-order valence-electron chi connectivity index (χ3n) is 6.51. The Morgan fingerprint density at radius 1 is 1.05 bits per heavy atom. The minimum absolute atomic E-state index is 0.219. The highest BCUT2D eigenvalue weighted by Crippen LogP contribution is 2.39. The molecule has 3 aromatic carbocycles. The zero-order valence-corrected chi connectivity index (χ0v) is 21.4. The lowest BCUT2D eigenvalue weighted by molar-refractivity contribution is -0.137. The van der Waals surface area contributed by atoms with Gasteiger partial charge in [0.05, 0.1) is 11.3 Å². The molecule has 4 rings (SSSR count). The monoisotopic (exact) mass is 535 g/mol. The molecule has 1 fully saturated rings. The molecular weight excluding hydrogens is 507 g/mol. The van der Waals surface area contributed by atoms with Crippen LogP contribution in [0.1, 0.15) is 34.3 Å². The third kappa shape index (κ3) is 5.64. The summed E-state index contributed by atoms with van der Waals surface area (Å²) in [6, 6.07) is 19.2. The number of alkyl halides is 3. The van der Waals surface area contributed by atoms with Gasteiger partial charge in [0, 0.05) is 42.5 Å². The standard InChI is InChI=1S/C29H28F3N5O2/c1-3-37-26(35-20-12-5-4-6-13-20)22(17-33)24(21-14-7-8-15-23(21)34-2)25(28(37)39)36-27(38)18-10-9-11-19(16-18)29(30,31)32/h4-17,24-25,34H,3,33H2,1-2H3,(H,36,38)/b22-17-,35-26?. The first kappa shape index (κ1) is 27.4. The van der Waals surface area contributed by atoms with E-state index in [9.17, 15) is 22.8 Å². The molecule has 0 saturated carbocycles. The molecule has 1 aliphatic rings. The van der Waals surface area contributed by atoms with E-state index in [4.69, 9.17) is 10.7 Å². The van der Waals surface area contributed by atoms with Crippen LogP contribution in [0.2, 0.25) is 0 Å². The summed E-state index contributed by atoms with van der Waals surface area (Å²) in [6.45, 7) is 1.98. The minimum atomic E-state index is -4.62. The Morgan fingerprint density at radius 2 is 1.74 bits per heavy atom. The van der Waals surface area contributed by atoms with E-state index in [1.54, 1.807) is 38.2 Å². The van der Waals surface area contributed by atoms with Crippen molar-refractivity contribution in [2.45, 2.75) is 25.1 Å². The number of aliphatic imine (C=N–C) groups is 1. The highest BCUT2D eigenvalue weighted by atomic mass is 19.4. The van der Waals surface area contributed by atoms with E-state index < -0.39 is 35.5 Å². The molecule has 2 atom stereocenters. The fraction of sp³-hybridized carbons (Fsp3) is 0.207. The number of carbonyl (C=O) groups excluding carboxylic acids is 2. The molecule has 0 bridgehead atoms. The molecule has 0 spiro atoms. The van der Waals surface area contributed by atoms with Gasteiger partial charge in [-0.25, -0.2) is 4.99 Å². The maximum absolute atomic E-state index is 14.0. The average molecular weight is 536 g/mol. The van der Waals surface area contributed by atoms with Crippen molar-refractivity contribution in [1.29, 1.82) is 0 Å². The van der Waals surface area contributed by atoms with Crippen molar-refractivity contribution >= 4 is 29.0 Å². The van der Waals surface area contributed by atoms with Crippen LogP contribution in [0.25, 0.3) is 0 Å².